The van der Waals surface area contributed by atoms with Crippen LogP contribution in [-0.2, 0) is 4.79 Å². The van der Waals surface area contributed by atoms with Gasteiger partial charge in [0.25, 0.3) is 5.91 Å². The lowest BCUT2D eigenvalue weighted by molar-refractivity contribution is -0.141. The lowest BCUT2D eigenvalue weighted by Crippen LogP contribution is -2.42. The van der Waals surface area contributed by atoms with E-state index < -0.39 is 24.0 Å². The number of hydrogen-bond donors (Lipinski definition) is 3. The van der Waals surface area contributed by atoms with E-state index in [9.17, 15) is 14.7 Å². The predicted octanol–water partition coefficient (Wildman–Crippen LogP) is 4.53. The van der Waals surface area contributed by atoms with Gasteiger partial charge in [0.15, 0.2) is 5.84 Å². The first kappa shape index (κ1) is 22.4. The van der Waals surface area contributed by atoms with Gasteiger partial charge in [0, 0.05) is 16.1 Å². The number of amides is 1. The van der Waals surface area contributed by atoms with Gasteiger partial charge >= 0.3 is 5.97 Å². The number of nitrogens with two attached hydrogens (primary N) is 1. The molecule has 33 heavy (non-hydrogen) atoms. The maximum atomic E-state index is 13.9. The van der Waals surface area contributed by atoms with Gasteiger partial charge in [-0.05, 0) is 47.7 Å². The molecule has 2 atom stereocenters. The molecule has 1 aliphatic heterocycles. The molecule has 8 heteroatoms. The van der Waals surface area contributed by atoms with Crippen LogP contribution in [0.4, 0.5) is 0 Å². The maximum absolute atomic E-state index is 13.9. The highest BCUT2D eigenvalue weighted by atomic mass is 35.5. The predicted molar refractivity (Wildman–Crippen MR) is 125 cm³/mol. The molecule has 1 saturated heterocycles. The lowest BCUT2D eigenvalue weighted by atomic mass is 9.96. The monoisotopic (exact) mass is 463 g/mol. The van der Waals surface area contributed by atoms with Crippen molar-refractivity contribution in [2.75, 3.05) is 0 Å². The van der Waals surface area contributed by atoms with Crippen LogP contribution in [0.1, 0.15) is 40.4 Å². The van der Waals surface area contributed by atoms with Gasteiger partial charge in [-0.25, -0.2) is 4.79 Å². The highest BCUT2D eigenvalue weighted by molar-refractivity contribution is 6.31. The van der Waals surface area contributed by atoms with E-state index in [1.54, 1.807) is 54.6 Å². The van der Waals surface area contributed by atoms with Crippen LogP contribution in [0.5, 0.6) is 0 Å². The molecule has 7 nitrogen and oxygen atoms in total. The second-order valence-electron chi connectivity index (χ2n) is 7.79. The van der Waals surface area contributed by atoms with E-state index in [1.807, 2.05) is 18.2 Å². The molecule has 0 aromatic heterocycles. The molecule has 0 saturated carbocycles. The molecule has 0 aliphatic carbocycles. The van der Waals surface area contributed by atoms with E-state index in [0.717, 1.165) is 5.56 Å². The summed E-state index contributed by atoms with van der Waals surface area (Å²) in [5, 5.41) is 22.4. The lowest BCUT2D eigenvalue weighted by Gasteiger charge is -2.30. The number of aliphatic carboxylic acids is 1. The maximum Gasteiger partial charge on any atom is 0.326 e. The van der Waals surface area contributed by atoms with Gasteiger partial charge in [-0.15, -0.1) is 0 Å². The molecule has 2 unspecified atom stereocenters. The average molecular weight is 464 g/mol. The number of oxime groups is 1. The third kappa shape index (κ3) is 4.27. The molecule has 1 heterocycles. The van der Waals surface area contributed by atoms with E-state index in [1.165, 1.54) is 4.90 Å². The van der Waals surface area contributed by atoms with Crippen LogP contribution < -0.4 is 5.73 Å². The van der Waals surface area contributed by atoms with E-state index in [4.69, 9.17) is 22.5 Å². The summed E-state index contributed by atoms with van der Waals surface area (Å²) in [7, 11) is 0. The Kier molecular flexibility index (Phi) is 6.33. The van der Waals surface area contributed by atoms with Crippen LogP contribution in [0.25, 0.3) is 11.1 Å². The minimum atomic E-state index is -1.05. The second kappa shape index (κ2) is 9.34. The standard InChI is InChI=1S/C25H22ClN3O4/c26-20-11-4-3-10-19(20)21-12-13-22(25(31)32)29(21)24(30)18-9-2-1-8-17(18)15-6-5-7-16(14-15)23(27)28-33/h1-11,14,21-22,33H,12-13H2,(H2,27,28)(H,31,32). The van der Waals surface area contributed by atoms with Crippen LogP contribution in [-0.4, -0.2) is 39.0 Å². The number of likely N-dealkylation sites (tertiary alicyclic amines) is 1. The highest BCUT2D eigenvalue weighted by Gasteiger charge is 2.43. The van der Waals surface area contributed by atoms with Crippen molar-refractivity contribution >= 4 is 29.3 Å². The smallest absolute Gasteiger partial charge is 0.326 e. The molecule has 4 rings (SSSR count). The first-order chi connectivity index (χ1) is 15.9. The number of carboxylic acids is 1. The normalized spacial score (nSPS) is 18.3. The summed E-state index contributed by atoms with van der Waals surface area (Å²) in [5.41, 5.74) is 8.61. The first-order valence-electron chi connectivity index (χ1n) is 10.4. The van der Waals surface area contributed by atoms with Crippen LogP contribution in [0, 0.1) is 0 Å². The zero-order valence-electron chi connectivity index (χ0n) is 17.6. The Bertz CT molecular complexity index is 1240. The molecule has 0 spiro atoms. The van der Waals surface area contributed by atoms with Gasteiger partial charge in [-0.3, -0.25) is 4.79 Å². The zero-order valence-corrected chi connectivity index (χ0v) is 18.3. The van der Waals surface area contributed by atoms with Crippen LogP contribution in [0.3, 0.4) is 0 Å². The Morgan fingerprint density at radius 1 is 1.00 bits per heavy atom. The Hall–Kier alpha value is -3.84. The minimum absolute atomic E-state index is 0.0510. The average Bonchev–Trinajstić information content (AvgIpc) is 3.29. The van der Waals surface area contributed by atoms with Crippen molar-refractivity contribution in [1.29, 1.82) is 0 Å². The van der Waals surface area contributed by atoms with Crippen molar-refractivity contribution in [3.63, 3.8) is 0 Å². The molecule has 3 aromatic rings. The molecule has 3 aromatic carbocycles. The van der Waals surface area contributed by atoms with Crippen molar-refractivity contribution in [2.45, 2.75) is 24.9 Å². The number of amidine groups is 1. The van der Waals surface area contributed by atoms with E-state index in [0.29, 0.717) is 40.1 Å². The topological polar surface area (TPSA) is 116 Å². The minimum Gasteiger partial charge on any atom is -0.480 e. The highest BCUT2D eigenvalue weighted by Crippen LogP contribution is 2.41. The number of rotatable bonds is 5. The zero-order chi connectivity index (χ0) is 23.5. The molecule has 1 fully saturated rings. The van der Waals surface area contributed by atoms with Gasteiger partial charge < -0.3 is 20.9 Å². The van der Waals surface area contributed by atoms with Crippen LogP contribution >= 0.6 is 11.6 Å². The third-order valence-electron chi connectivity index (χ3n) is 5.90. The van der Waals surface area contributed by atoms with E-state index in [2.05, 4.69) is 5.16 Å². The van der Waals surface area contributed by atoms with Crippen molar-refractivity contribution in [3.8, 4) is 11.1 Å². The molecule has 4 N–H and O–H groups in total. The molecule has 168 valence electrons. The summed E-state index contributed by atoms with van der Waals surface area (Å²) in [4.78, 5) is 27.3. The molecule has 1 aliphatic rings. The number of hydrogen-bond acceptors (Lipinski definition) is 4. The quantitative estimate of drug-likeness (QED) is 0.222. The Morgan fingerprint density at radius 3 is 2.45 bits per heavy atom. The van der Waals surface area contributed by atoms with Gasteiger partial charge in [-0.2, -0.15) is 0 Å². The Morgan fingerprint density at radius 2 is 1.73 bits per heavy atom. The van der Waals surface area contributed by atoms with E-state index >= 15 is 0 Å². The van der Waals surface area contributed by atoms with Crippen molar-refractivity contribution in [3.05, 3.63) is 94.5 Å². The van der Waals surface area contributed by atoms with Crippen LogP contribution in [0.2, 0.25) is 5.02 Å². The van der Waals surface area contributed by atoms with Gasteiger partial charge in [-0.1, -0.05) is 71.4 Å². The van der Waals surface area contributed by atoms with E-state index in [-0.39, 0.29) is 5.84 Å². The van der Waals surface area contributed by atoms with Gasteiger partial charge in [0.2, 0.25) is 0 Å². The second-order valence-corrected chi connectivity index (χ2v) is 8.20. The number of benzene rings is 3. The number of carboxylic acid groups (broad SMARTS) is 1. The number of carbonyl (C=O) groups excluding carboxylic acids is 1. The van der Waals surface area contributed by atoms with Crippen molar-refractivity contribution < 1.29 is 19.9 Å². The Labute approximate surface area is 195 Å². The van der Waals surface area contributed by atoms with Crippen molar-refractivity contribution in [2.24, 2.45) is 10.9 Å². The summed E-state index contributed by atoms with van der Waals surface area (Å²) < 4.78 is 0. The van der Waals surface area contributed by atoms with Crippen LogP contribution in [0.15, 0.2) is 78.0 Å². The molecule has 0 bridgehead atoms. The van der Waals surface area contributed by atoms with Gasteiger partial charge in [0.05, 0.1) is 6.04 Å². The largest absolute Gasteiger partial charge is 0.480 e. The summed E-state index contributed by atoms with van der Waals surface area (Å²) >= 11 is 6.41. The fourth-order valence-corrected chi connectivity index (χ4v) is 4.61. The number of carbonyl (C=O) groups is 2. The van der Waals surface area contributed by atoms with Crippen molar-refractivity contribution in [1.82, 2.24) is 4.90 Å². The number of nitrogens with zero attached hydrogens (tertiary/aromatic N) is 2. The Balaban J connectivity index is 1.80. The first-order valence-corrected chi connectivity index (χ1v) is 10.8. The summed E-state index contributed by atoms with van der Waals surface area (Å²) in [5.74, 6) is -1.50. The fraction of sp³-hybridized carbons (Fsp3) is 0.160. The summed E-state index contributed by atoms with van der Waals surface area (Å²) in [6.07, 6.45) is 0.825. The van der Waals surface area contributed by atoms with Gasteiger partial charge in [0.1, 0.15) is 6.04 Å². The molecule has 0 radical (unpaired) electrons. The summed E-state index contributed by atoms with van der Waals surface area (Å²) in [6.45, 7) is 0. The number of halogens is 1. The SMILES string of the molecule is N/C(=N/O)c1cccc(-c2ccccc2C(=O)N2C(C(=O)O)CCC2c2ccccc2Cl)c1. The third-order valence-corrected chi connectivity index (χ3v) is 6.25. The molecular formula is C25H22ClN3O4. The molecular weight excluding hydrogens is 442 g/mol. The fourth-order valence-electron chi connectivity index (χ4n) is 4.35. The summed E-state index contributed by atoms with van der Waals surface area (Å²) in [6, 6.07) is 19.7. The molecule has 1 amide bonds.